The van der Waals surface area contributed by atoms with Crippen molar-refractivity contribution in [3.05, 3.63) is 0 Å². The maximum absolute atomic E-state index is 11.3. The number of carbonyl (C=O) groups is 1. The zero-order valence-corrected chi connectivity index (χ0v) is 9.35. The quantitative estimate of drug-likeness (QED) is 0.619. The van der Waals surface area contributed by atoms with Crippen LogP contribution in [-0.4, -0.2) is 12.6 Å². The van der Waals surface area contributed by atoms with Gasteiger partial charge in [-0.1, -0.05) is 26.7 Å². The third kappa shape index (κ3) is 3.37. The summed E-state index contributed by atoms with van der Waals surface area (Å²) in [6.07, 6.45) is 4.36. The molecule has 0 spiro atoms. The predicted octanol–water partition coefficient (Wildman–Crippen LogP) is 3.16. The summed E-state index contributed by atoms with van der Waals surface area (Å²) in [5.41, 5.74) is -0.157. The minimum Gasteiger partial charge on any atom is -0.466 e. The van der Waals surface area contributed by atoms with Gasteiger partial charge in [-0.05, 0) is 26.7 Å². The molecule has 1 aliphatic carbocycles. The smallest absolute Gasteiger partial charge is 0.311 e. The monoisotopic (exact) mass is 186 g/mol. The maximum Gasteiger partial charge on any atom is 0.311 e. The molecule has 2 heteroatoms. The van der Waals surface area contributed by atoms with Crippen LogP contribution in [0, 0.1) is 5.41 Å². The summed E-state index contributed by atoms with van der Waals surface area (Å²) in [6, 6.07) is 0. The first-order valence-corrected chi connectivity index (χ1v) is 5.36. The second kappa shape index (κ2) is 6.01. The van der Waals surface area contributed by atoms with Gasteiger partial charge in [0.1, 0.15) is 0 Å². The summed E-state index contributed by atoms with van der Waals surface area (Å²) in [5, 5.41) is 0. The second-order valence-electron chi connectivity index (χ2n) is 3.49. The number of carbonyl (C=O) groups excluding carboxylic acids is 1. The molecule has 0 amide bonds. The molecule has 0 atom stereocenters. The maximum atomic E-state index is 11.3. The van der Waals surface area contributed by atoms with Gasteiger partial charge in [-0.15, -0.1) is 0 Å². The normalized spacial score (nSPS) is 18.8. The topological polar surface area (TPSA) is 26.3 Å². The third-order valence-electron chi connectivity index (χ3n) is 2.48. The van der Waals surface area contributed by atoms with Crippen molar-refractivity contribution in [2.75, 3.05) is 6.61 Å². The van der Waals surface area contributed by atoms with Gasteiger partial charge in [0.05, 0.1) is 12.0 Å². The molecule has 0 unspecified atom stereocenters. The molecule has 0 radical (unpaired) electrons. The van der Waals surface area contributed by atoms with Crippen LogP contribution in [0.2, 0.25) is 0 Å². The van der Waals surface area contributed by atoms with Gasteiger partial charge >= 0.3 is 5.97 Å². The lowest BCUT2D eigenvalue weighted by molar-refractivity contribution is -0.154. The average Bonchev–Trinajstić information content (AvgIpc) is 2.58. The Kier molecular flexibility index (Phi) is 5.76. The molecule has 1 aliphatic rings. The molecule has 13 heavy (non-hydrogen) atoms. The van der Waals surface area contributed by atoms with Crippen molar-refractivity contribution in [1.82, 2.24) is 0 Å². The van der Waals surface area contributed by atoms with Gasteiger partial charge in [-0.3, -0.25) is 4.79 Å². The van der Waals surface area contributed by atoms with E-state index in [4.69, 9.17) is 4.74 Å². The number of hydrogen-bond acceptors (Lipinski definition) is 2. The van der Waals surface area contributed by atoms with Crippen molar-refractivity contribution in [3.63, 3.8) is 0 Å². The fraction of sp³-hybridized carbons (Fsp3) is 0.909. The summed E-state index contributed by atoms with van der Waals surface area (Å²) in [4.78, 5) is 11.3. The van der Waals surface area contributed by atoms with E-state index < -0.39 is 0 Å². The third-order valence-corrected chi connectivity index (χ3v) is 2.48. The minimum absolute atomic E-state index is 0.00231. The van der Waals surface area contributed by atoms with Crippen LogP contribution in [0.5, 0.6) is 0 Å². The Morgan fingerprint density at radius 3 is 2.15 bits per heavy atom. The molecule has 0 bridgehead atoms. The standard InChI is InChI=1S/C9H16O2.C2H6/c1-3-11-8(10)9(2)6-4-5-7-9;1-2/h3-7H2,1-2H3;1-2H3. The van der Waals surface area contributed by atoms with E-state index in [1.54, 1.807) is 0 Å². The molecule has 0 saturated heterocycles. The van der Waals surface area contributed by atoms with Gasteiger partial charge in [0.2, 0.25) is 0 Å². The van der Waals surface area contributed by atoms with Crippen molar-refractivity contribution >= 4 is 5.97 Å². The Morgan fingerprint density at radius 2 is 1.77 bits per heavy atom. The van der Waals surface area contributed by atoms with E-state index in [1.165, 1.54) is 12.8 Å². The molecule has 0 heterocycles. The van der Waals surface area contributed by atoms with Crippen LogP contribution in [0.1, 0.15) is 53.4 Å². The summed E-state index contributed by atoms with van der Waals surface area (Å²) in [6.45, 7) is 8.38. The number of rotatable bonds is 2. The van der Waals surface area contributed by atoms with Crippen LogP contribution in [0.3, 0.4) is 0 Å². The molecule has 2 nitrogen and oxygen atoms in total. The summed E-state index contributed by atoms with van der Waals surface area (Å²) in [7, 11) is 0. The highest BCUT2D eigenvalue weighted by molar-refractivity contribution is 5.76. The first-order valence-electron chi connectivity index (χ1n) is 5.36. The zero-order valence-electron chi connectivity index (χ0n) is 9.35. The van der Waals surface area contributed by atoms with Gasteiger partial charge in [0.15, 0.2) is 0 Å². The largest absolute Gasteiger partial charge is 0.466 e. The molecular formula is C11H22O2. The molecular weight excluding hydrogens is 164 g/mol. The first-order chi connectivity index (χ1) is 6.19. The molecule has 78 valence electrons. The molecule has 1 fully saturated rings. The van der Waals surface area contributed by atoms with Crippen molar-refractivity contribution in [3.8, 4) is 0 Å². The van der Waals surface area contributed by atoms with Gasteiger partial charge in [-0.2, -0.15) is 0 Å². The van der Waals surface area contributed by atoms with Crippen LogP contribution in [0.4, 0.5) is 0 Å². The van der Waals surface area contributed by atoms with Crippen LogP contribution in [0.25, 0.3) is 0 Å². The minimum atomic E-state index is -0.157. The van der Waals surface area contributed by atoms with Gasteiger partial charge in [0, 0.05) is 0 Å². The number of ether oxygens (including phenoxy) is 1. The Morgan fingerprint density at radius 1 is 1.31 bits per heavy atom. The Labute approximate surface area is 81.7 Å². The van der Waals surface area contributed by atoms with Crippen molar-refractivity contribution in [2.45, 2.75) is 53.4 Å². The van der Waals surface area contributed by atoms with Crippen LogP contribution in [-0.2, 0) is 9.53 Å². The Hall–Kier alpha value is -0.530. The van der Waals surface area contributed by atoms with E-state index in [2.05, 4.69) is 0 Å². The van der Waals surface area contributed by atoms with Crippen LogP contribution in [0.15, 0.2) is 0 Å². The second-order valence-corrected chi connectivity index (χ2v) is 3.49. The summed E-state index contributed by atoms with van der Waals surface area (Å²) in [5.74, 6) is -0.00231. The Bertz CT molecular complexity index is 146. The molecule has 0 aromatic rings. The lowest BCUT2D eigenvalue weighted by Gasteiger charge is -2.20. The van der Waals surface area contributed by atoms with E-state index in [9.17, 15) is 4.79 Å². The molecule has 0 N–H and O–H groups in total. The lowest BCUT2D eigenvalue weighted by atomic mass is 9.89. The predicted molar refractivity (Wildman–Crippen MR) is 54.6 cm³/mol. The highest BCUT2D eigenvalue weighted by atomic mass is 16.5. The highest BCUT2D eigenvalue weighted by Crippen LogP contribution is 2.38. The summed E-state index contributed by atoms with van der Waals surface area (Å²) < 4.78 is 4.99. The summed E-state index contributed by atoms with van der Waals surface area (Å²) >= 11 is 0. The first kappa shape index (κ1) is 12.5. The fourth-order valence-electron chi connectivity index (χ4n) is 1.66. The van der Waals surface area contributed by atoms with E-state index in [0.717, 1.165) is 12.8 Å². The SMILES string of the molecule is CC.CCOC(=O)C1(C)CCCC1. The van der Waals surface area contributed by atoms with Crippen molar-refractivity contribution in [2.24, 2.45) is 5.41 Å². The van der Waals surface area contributed by atoms with Crippen molar-refractivity contribution < 1.29 is 9.53 Å². The van der Waals surface area contributed by atoms with Crippen LogP contribution < -0.4 is 0 Å². The molecule has 1 rings (SSSR count). The van der Waals surface area contributed by atoms with Crippen molar-refractivity contribution in [1.29, 1.82) is 0 Å². The van der Waals surface area contributed by atoms with Gasteiger partial charge in [-0.25, -0.2) is 0 Å². The number of hydrogen-bond donors (Lipinski definition) is 0. The van der Waals surface area contributed by atoms with Crippen LogP contribution >= 0.6 is 0 Å². The van der Waals surface area contributed by atoms with E-state index in [-0.39, 0.29) is 11.4 Å². The number of esters is 1. The fourth-order valence-corrected chi connectivity index (χ4v) is 1.66. The Balaban J connectivity index is 0.000000671. The van der Waals surface area contributed by atoms with Gasteiger partial charge < -0.3 is 4.74 Å². The van der Waals surface area contributed by atoms with E-state index >= 15 is 0 Å². The van der Waals surface area contributed by atoms with E-state index in [0.29, 0.717) is 6.61 Å². The molecule has 1 saturated carbocycles. The molecule has 0 aromatic carbocycles. The van der Waals surface area contributed by atoms with Gasteiger partial charge in [0.25, 0.3) is 0 Å². The average molecular weight is 186 g/mol. The van der Waals surface area contributed by atoms with E-state index in [1.807, 2.05) is 27.7 Å². The molecule has 0 aromatic heterocycles. The lowest BCUT2D eigenvalue weighted by Crippen LogP contribution is -2.26. The highest BCUT2D eigenvalue weighted by Gasteiger charge is 2.37. The zero-order chi connectivity index (χ0) is 10.3. The molecule has 0 aliphatic heterocycles.